The van der Waals surface area contributed by atoms with Crippen LogP contribution in [-0.4, -0.2) is 3.21 Å². The van der Waals surface area contributed by atoms with Crippen molar-refractivity contribution in [2.24, 2.45) is 0 Å². The summed E-state index contributed by atoms with van der Waals surface area (Å²) in [6, 6.07) is 27.6. The minimum Gasteiger partial charge on any atom is -1.00 e. The molecule has 3 aliphatic carbocycles. The Balaban J connectivity index is 0.000000186. The van der Waals surface area contributed by atoms with Crippen LogP contribution in [0, 0.1) is 6.42 Å². The molecule has 0 nitrogen and oxygen atoms in total. The van der Waals surface area contributed by atoms with Crippen LogP contribution in [-0.2, 0) is 59.3 Å². The van der Waals surface area contributed by atoms with Gasteiger partial charge in [-0.15, -0.1) is 12.5 Å². The topological polar surface area (TPSA) is 0 Å². The Morgan fingerprint density at radius 1 is 0.627 bits per heavy atom. The van der Waals surface area contributed by atoms with E-state index >= 15 is 0 Å². The molecule has 0 aromatic heterocycles. The Labute approximate surface area is 367 Å². The van der Waals surface area contributed by atoms with Crippen molar-refractivity contribution in [2.45, 2.75) is 104 Å². The van der Waals surface area contributed by atoms with Gasteiger partial charge in [0.05, 0.1) is 0 Å². The normalized spacial score (nSPS) is 15.8. The van der Waals surface area contributed by atoms with E-state index in [1.54, 1.807) is 0 Å². The molecule has 0 aliphatic heterocycles. The molecule has 0 amide bonds. The molecule has 3 aliphatic rings. The zero-order chi connectivity index (χ0) is 42.6. The predicted octanol–water partition coefficient (Wildman–Crippen LogP) is 11.8. The van der Waals surface area contributed by atoms with Gasteiger partial charge in [-0.3, -0.25) is 0 Å². The van der Waals surface area contributed by atoms with Crippen LogP contribution >= 0.6 is 0 Å². The van der Waals surface area contributed by atoms with Crippen molar-refractivity contribution in [3.8, 4) is 11.1 Å². The van der Waals surface area contributed by atoms with E-state index in [-0.39, 0.29) is 23.2 Å². The number of allylic oxidation sites excluding steroid dienone is 4. The van der Waals surface area contributed by atoms with Gasteiger partial charge in [0.15, 0.2) is 0 Å². The van der Waals surface area contributed by atoms with Crippen LogP contribution in [0.25, 0.3) is 22.3 Å². The minimum absolute atomic E-state index is 0. The van der Waals surface area contributed by atoms with Gasteiger partial charge in [0.2, 0.25) is 0 Å². The Kier molecular flexibility index (Phi) is 13.3. The van der Waals surface area contributed by atoms with Gasteiger partial charge in [0.1, 0.15) is 0 Å². The Bertz CT molecular complexity index is 2230. The van der Waals surface area contributed by atoms with Gasteiger partial charge in [0, 0.05) is 0 Å². The first-order valence-corrected chi connectivity index (χ1v) is 20.8. The van der Waals surface area contributed by atoms with Crippen molar-refractivity contribution < 1.29 is 63.0 Å². The second-order valence-electron chi connectivity index (χ2n) is 17.9. The Hall–Kier alpha value is -3.80. The van der Waals surface area contributed by atoms with E-state index in [0.29, 0.717) is 19.7 Å². The van der Waals surface area contributed by atoms with Crippen molar-refractivity contribution in [2.75, 3.05) is 0 Å². The molecule has 59 heavy (non-hydrogen) atoms. The molecule has 5 aromatic carbocycles. The standard InChI is InChI=1S/C27H29.C15H8F6.C9H13.ClH.Zr/c1-16-7-9-26(3,4)24-12-18-11-19-13-25-21(17(2)8-10-27(25,5)6)15-23(19)22(18)14-20(16)24;16-14(17,18)12-5-1-10(2-6-12)9-11-3-7-13(8-4-11)15(19,20)21;1-9(2,3)8-6-4-5-7-8;;/h7-9,12-15H,10-11H2,1-6H3;1-8H;4-7H,1-3H3;1H;/q-1;;-1;;/p-1. The molecule has 310 valence electrons. The third-order valence-corrected chi connectivity index (χ3v) is 13.0. The Morgan fingerprint density at radius 2 is 1.10 bits per heavy atom. The summed E-state index contributed by atoms with van der Waals surface area (Å²) < 4.78 is 75.6. The summed E-state index contributed by atoms with van der Waals surface area (Å²) >= 11 is 0.898. The molecule has 0 atom stereocenters. The van der Waals surface area contributed by atoms with Gasteiger partial charge < -0.3 is 12.4 Å². The molecule has 0 N–H and O–H groups in total. The predicted molar refractivity (Wildman–Crippen MR) is 224 cm³/mol. The smallest absolute Gasteiger partial charge is 1.00 e. The summed E-state index contributed by atoms with van der Waals surface area (Å²) in [7, 11) is 0. The van der Waals surface area contributed by atoms with Crippen LogP contribution in [0.2, 0.25) is 0 Å². The molecule has 0 spiro atoms. The summed E-state index contributed by atoms with van der Waals surface area (Å²) in [6.45, 7) is 20.6. The molecule has 0 saturated carbocycles. The third-order valence-electron chi connectivity index (χ3n) is 11.6. The monoisotopic (exact) mass is 901 g/mol. The van der Waals surface area contributed by atoms with Crippen LogP contribution in [0.3, 0.4) is 0 Å². The van der Waals surface area contributed by atoms with Gasteiger partial charge >= 0.3 is 137 Å². The molecule has 8 heteroatoms. The molecule has 0 heterocycles. The van der Waals surface area contributed by atoms with Gasteiger partial charge in [0.25, 0.3) is 0 Å². The van der Waals surface area contributed by atoms with Crippen molar-refractivity contribution in [3.05, 3.63) is 177 Å². The third kappa shape index (κ3) is 10.1. The molecular weight excluding hydrogens is 853 g/mol. The average molecular weight is 904 g/mol. The number of benzene rings is 4. The number of rotatable bonds is 2. The van der Waals surface area contributed by atoms with Crippen LogP contribution in [0.5, 0.6) is 0 Å². The number of halogens is 7. The van der Waals surface area contributed by atoms with E-state index in [1.165, 1.54) is 85.5 Å². The summed E-state index contributed by atoms with van der Waals surface area (Å²) in [5.41, 5.74) is 16.3. The number of hydrogen-bond donors (Lipinski definition) is 0. The van der Waals surface area contributed by atoms with Gasteiger partial charge in [-0.25, -0.2) is 18.6 Å². The fourth-order valence-corrected chi connectivity index (χ4v) is 8.69. The maximum Gasteiger partial charge on any atom is -1.00 e. The summed E-state index contributed by atoms with van der Waals surface area (Å²) in [4.78, 5) is 0. The van der Waals surface area contributed by atoms with Crippen molar-refractivity contribution >= 4 is 14.4 Å². The van der Waals surface area contributed by atoms with Crippen molar-refractivity contribution in [1.29, 1.82) is 0 Å². The molecule has 0 fully saturated rings. The van der Waals surface area contributed by atoms with E-state index in [0.717, 1.165) is 61.3 Å². The molecule has 0 saturated heterocycles. The zero-order valence-electron chi connectivity index (χ0n) is 35.0. The maximum absolute atomic E-state index is 12.5. The molecule has 5 aromatic rings. The molecule has 0 radical (unpaired) electrons. The van der Waals surface area contributed by atoms with Crippen LogP contribution < -0.4 is 12.4 Å². The van der Waals surface area contributed by atoms with Gasteiger partial charge in [-0.2, -0.15) is 29.3 Å². The fourth-order valence-electron chi connectivity index (χ4n) is 7.87. The molecule has 8 rings (SSSR count). The van der Waals surface area contributed by atoms with E-state index < -0.39 is 23.5 Å². The second kappa shape index (κ2) is 16.9. The van der Waals surface area contributed by atoms with E-state index in [1.807, 2.05) is 0 Å². The van der Waals surface area contributed by atoms with Crippen molar-refractivity contribution in [3.63, 3.8) is 0 Å². The van der Waals surface area contributed by atoms with E-state index in [9.17, 15) is 26.3 Å². The van der Waals surface area contributed by atoms with E-state index in [4.69, 9.17) is 0 Å². The van der Waals surface area contributed by atoms with Crippen LogP contribution in [0.15, 0.2) is 109 Å². The maximum atomic E-state index is 12.5. The quantitative estimate of drug-likeness (QED) is 0.120. The first-order valence-electron chi connectivity index (χ1n) is 19.6. The zero-order valence-corrected chi connectivity index (χ0v) is 38.2. The fraction of sp³-hybridized carbons (Fsp3) is 0.314. The second-order valence-corrected chi connectivity index (χ2v) is 19.2. The number of fused-ring (bicyclic) bond motifs is 5. The van der Waals surface area contributed by atoms with Gasteiger partial charge in [-0.05, 0) is 70.2 Å². The minimum atomic E-state index is -4.41. The molecule has 0 bridgehead atoms. The van der Waals surface area contributed by atoms with Crippen molar-refractivity contribution in [1.82, 2.24) is 0 Å². The summed E-state index contributed by atoms with van der Waals surface area (Å²) in [6.07, 6.45) is 0.468. The van der Waals surface area contributed by atoms with Gasteiger partial charge in [-0.1, -0.05) is 89.1 Å². The average Bonchev–Trinajstić information content (AvgIpc) is 3.83. The Morgan fingerprint density at radius 3 is 1.53 bits per heavy atom. The first kappa shape index (κ1) is 46.3. The summed E-state index contributed by atoms with van der Waals surface area (Å²) in [5.74, 6) is 0. The van der Waals surface area contributed by atoms with E-state index in [2.05, 4.69) is 129 Å². The SMILES string of the molecule is CC(C)(C)c1cc[cH-]c1.CC1=C[CH-]C(C)(C)c2cc3c(cc21)-c1cc2c(cc1C3)C(C)(C)CC=C2C.FC(F)(F)c1ccc([C](=[Zr])c2ccc(C(F)(F)F)cc2)cc1.[Cl-]. The summed E-state index contributed by atoms with van der Waals surface area (Å²) in [5, 5.41) is 0. The molecular formula is C51H50ClF6Zr-3. The number of hydrogen-bond acceptors (Lipinski definition) is 0. The first-order chi connectivity index (χ1) is 26.9. The largest absolute Gasteiger partial charge is 1.00 e. The number of alkyl halides is 6. The van der Waals surface area contributed by atoms with Crippen LogP contribution in [0.4, 0.5) is 26.3 Å². The molecule has 0 unspecified atom stereocenters. The van der Waals surface area contributed by atoms with Crippen LogP contribution in [0.1, 0.15) is 130 Å².